The SMILES string of the molecule is COc1ncc(N2CCOc3ccc(OC4CCN(C(O)c5cnn6cccnc56)C4)cc32)cc1C#N. The Bertz CT molecular complexity index is 1480. The lowest BCUT2D eigenvalue weighted by atomic mass is 10.2. The van der Waals surface area contributed by atoms with Crippen LogP contribution >= 0.6 is 0 Å². The number of pyridine rings is 1. The molecule has 2 aliphatic rings. The quantitative estimate of drug-likeness (QED) is 0.424. The molecule has 11 heteroatoms. The molecular weight excluding hydrogens is 474 g/mol. The van der Waals surface area contributed by atoms with Crippen molar-refractivity contribution in [1.82, 2.24) is 24.5 Å². The van der Waals surface area contributed by atoms with Crippen LogP contribution < -0.4 is 19.1 Å². The van der Waals surface area contributed by atoms with Crippen LogP contribution in [0.2, 0.25) is 0 Å². The molecule has 5 heterocycles. The van der Waals surface area contributed by atoms with E-state index in [1.54, 1.807) is 41.4 Å². The Kier molecular flexibility index (Phi) is 5.96. The Balaban J connectivity index is 1.19. The van der Waals surface area contributed by atoms with Crippen molar-refractivity contribution < 1.29 is 19.3 Å². The summed E-state index contributed by atoms with van der Waals surface area (Å²) in [6, 6.07) is 11.4. The lowest BCUT2D eigenvalue weighted by Crippen LogP contribution is -2.30. The Labute approximate surface area is 213 Å². The molecule has 188 valence electrons. The van der Waals surface area contributed by atoms with Crippen molar-refractivity contribution in [2.24, 2.45) is 0 Å². The third-order valence-electron chi connectivity index (χ3n) is 6.67. The normalized spacial score (nSPS) is 18.2. The molecule has 1 N–H and O–H groups in total. The lowest BCUT2D eigenvalue weighted by Gasteiger charge is -2.31. The Hall–Kier alpha value is -4.40. The zero-order valence-electron chi connectivity index (χ0n) is 20.2. The average molecular weight is 500 g/mol. The minimum atomic E-state index is -0.815. The molecule has 1 aromatic carbocycles. The summed E-state index contributed by atoms with van der Waals surface area (Å²) in [6.07, 6.45) is 6.71. The third kappa shape index (κ3) is 4.26. The van der Waals surface area contributed by atoms with E-state index in [1.165, 1.54) is 7.11 Å². The topological polar surface area (TPSA) is 121 Å². The summed E-state index contributed by atoms with van der Waals surface area (Å²) in [5, 5.41) is 24.8. The minimum Gasteiger partial charge on any atom is -0.490 e. The van der Waals surface area contributed by atoms with Gasteiger partial charge in [-0.05, 0) is 30.7 Å². The van der Waals surface area contributed by atoms with Gasteiger partial charge in [-0.3, -0.25) is 4.90 Å². The van der Waals surface area contributed by atoms with E-state index in [1.807, 2.05) is 23.1 Å². The van der Waals surface area contributed by atoms with Gasteiger partial charge in [-0.1, -0.05) is 0 Å². The van der Waals surface area contributed by atoms with Gasteiger partial charge in [0.2, 0.25) is 5.88 Å². The third-order valence-corrected chi connectivity index (χ3v) is 6.67. The van der Waals surface area contributed by atoms with Crippen LogP contribution in [0.5, 0.6) is 17.4 Å². The Morgan fingerprint density at radius 2 is 2.14 bits per heavy atom. The summed E-state index contributed by atoms with van der Waals surface area (Å²) in [4.78, 5) is 12.7. The maximum absolute atomic E-state index is 11.0. The molecule has 0 radical (unpaired) electrons. The highest BCUT2D eigenvalue weighted by atomic mass is 16.5. The fraction of sp³-hybridized carbons (Fsp3) is 0.308. The number of rotatable bonds is 6. The van der Waals surface area contributed by atoms with Gasteiger partial charge in [0.1, 0.15) is 42.1 Å². The largest absolute Gasteiger partial charge is 0.490 e. The van der Waals surface area contributed by atoms with Crippen molar-refractivity contribution in [3.05, 3.63) is 66.2 Å². The predicted molar refractivity (Wildman–Crippen MR) is 133 cm³/mol. The van der Waals surface area contributed by atoms with Crippen LogP contribution in [-0.2, 0) is 0 Å². The number of nitrogens with zero attached hydrogens (tertiary/aromatic N) is 7. The second-order valence-corrected chi connectivity index (χ2v) is 8.88. The Morgan fingerprint density at radius 3 is 3.00 bits per heavy atom. The highest BCUT2D eigenvalue weighted by Crippen LogP contribution is 2.40. The van der Waals surface area contributed by atoms with Crippen molar-refractivity contribution in [1.29, 1.82) is 5.26 Å². The smallest absolute Gasteiger partial charge is 0.231 e. The first-order valence-electron chi connectivity index (χ1n) is 12.0. The highest BCUT2D eigenvalue weighted by molar-refractivity contribution is 5.72. The number of ether oxygens (including phenoxy) is 3. The number of aromatic nitrogens is 4. The second-order valence-electron chi connectivity index (χ2n) is 8.88. The monoisotopic (exact) mass is 499 g/mol. The van der Waals surface area contributed by atoms with Gasteiger partial charge >= 0.3 is 0 Å². The van der Waals surface area contributed by atoms with E-state index in [4.69, 9.17) is 14.2 Å². The number of fused-ring (bicyclic) bond motifs is 2. The molecule has 4 aromatic rings. The first-order chi connectivity index (χ1) is 18.1. The van der Waals surface area contributed by atoms with E-state index in [0.717, 1.165) is 23.5 Å². The van der Waals surface area contributed by atoms with E-state index in [2.05, 4.69) is 26.0 Å². The van der Waals surface area contributed by atoms with Crippen molar-refractivity contribution in [3.63, 3.8) is 0 Å². The van der Waals surface area contributed by atoms with Crippen LogP contribution in [0.15, 0.2) is 55.1 Å². The fourth-order valence-corrected chi connectivity index (χ4v) is 4.86. The molecule has 2 unspecified atom stereocenters. The van der Waals surface area contributed by atoms with Crippen LogP contribution in [0.1, 0.15) is 23.8 Å². The zero-order chi connectivity index (χ0) is 25.4. The molecule has 37 heavy (non-hydrogen) atoms. The number of hydrogen-bond acceptors (Lipinski definition) is 10. The van der Waals surface area contributed by atoms with Gasteiger partial charge in [-0.15, -0.1) is 0 Å². The lowest BCUT2D eigenvalue weighted by molar-refractivity contribution is 0.0130. The molecule has 2 aliphatic heterocycles. The van der Waals surface area contributed by atoms with E-state index >= 15 is 0 Å². The van der Waals surface area contributed by atoms with E-state index in [0.29, 0.717) is 54.6 Å². The number of aliphatic hydroxyl groups excluding tert-OH is 1. The number of methoxy groups -OCH3 is 1. The maximum atomic E-state index is 11.0. The molecule has 2 atom stereocenters. The summed E-state index contributed by atoms with van der Waals surface area (Å²) >= 11 is 0. The first kappa shape index (κ1) is 23.0. The van der Waals surface area contributed by atoms with Crippen molar-refractivity contribution in [3.8, 4) is 23.4 Å². The van der Waals surface area contributed by atoms with Gasteiger partial charge in [0, 0.05) is 31.5 Å². The van der Waals surface area contributed by atoms with Crippen LogP contribution in [-0.4, -0.2) is 69.0 Å². The predicted octanol–water partition coefficient (Wildman–Crippen LogP) is 2.68. The molecular formula is C26H25N7O4. The van der Waals surface area contributed by atoms with Crippen molar-refractivity contribution in [2.75, 3.05) is 38.3 Å². The zero-order valence-corrected chi connectivity index (χ0v) is 20.2. The molecule has 11 nitrogen and oxygen atoms in total. The average Bonchev–Trinajstić information content (AvgIpc) is 3.59. The minimum absolute atomic E-state index is 0.0895. The molecule has 1 fully saturated rings. The summed E-state index contributed by atoms with van der Waals surface area (Å²) in [7, 11) is 1.49. The summed E-state index contributed by atoms with van der Waals surface area (Å²) in [6.45, 7) is 2.36. The van der Waals surface area contributed by atoms with E-state index in [-0.39, 0.29) is 6.10 Å². The van der Waals surface area contributed by atoms with Gasteiger partial charge in [0.25, 0.3) is 0 Å². The number of hydrogen-bond donors (Lipinski definition) is 1. The number of likely N-dealkylation sites (tertiary alicyclic amines) is 1. The fourth-order valence-electron chi connectivity index (χ4n) is 4.86. The standard InChI is InChI=1S/C26H25N7O4/c1-35-25-17(13-27)11-18(14-29-25)32-9-10-36-23-4-3-19(12-22(23)32)37-20-5-8-31(16-20)26(34)21-15-30-33-7-2-6-28-24(21)33/h2-4,6-7,11-12,14-15,20,26,34H,5,8-10,16H2,1H3. The van der Waals surface area contributed by atoms with E-state index in [9.17, 15) is 10.4 Å². The summed E-state index contributed by atoms with van der Waals surface area (Å²) < 4.78 is 19.0. The number of aliphatic hydroxyl groups is 1. The van der Waals surface area contributed by atoms with Crippen molar-refractivity contribution >= 4 is 17.0 Å². The molecule has 0 amide bonds. The Morgan fingerprint density at radius 1 is 1.22 bits per heavy atom. The van der Waals surface area contributed by atoms with Gasteiger partial charge in [0.05, 0.1) is 43.0 Å². The molecule has 1 saturated heterocycles. The molecule has 0 saturated carbocycles. The summed E-state index contributed by atoms with van der Waals surface area (Å²) in [5.41, 5.74) is 3.30. The molecule has 6 rings (SSSR count). The van der Waals surface area contributed by atoms with Gasteiger partial charge in [-0.25, -0.2) is 14.5 Å². The number of anilines is 2. The number of nitriles is 1. The maximum Gasteiger partial charge on any atom is 0.231 e. The van der Waals surface area contributed by atoms with Gasteiger partial charge in [-0.2, -0.15) is 10.4 Å². The molecule has 0 spiro atoms. The van der Waals surface area contributed by atoms with Crippen molar-refractivity contribution in [2.45, 2.75) is 18.8 Å². The van der Waals surface area contributed by atoms with Crippen LogP contribution in [0, 0.1) is 11.3 Å². The van der Waals surface area contributed by atoms with Crippen LogP contribution in [0.25, 0.3) is 5.65 Å². The molecule has 3 aromatic heterocycles. The first-order valence-corrected chi connectivity index (χ1v) is 12.0. The van der Waals surface area contributed by atoms with Gasteiger partial charge < -0.3 is 24.2 Å². The van der Waals surface area contributed by atoms with E-state index < -0.39 is 6.23 Å². The second kappa shape index (κ2) is 9.57. The van der Waals surface area contributed by atoms with Crippen LogP contribution in [0.4, 0.5) is 11.4 Å². The summed E-state index contributed by atoms with van der Waals surface area (Å²) in [5.74, 6) is 1.73. The van der Waals surface area contributed by atoms with Gasteiger partial charge in [0.15, 0.2) is 5.65 Å². The molecule has 0 bridgehead atoms. The highest BCUT2D eigenvalue weighted by Gasteiger charge is 2.31. The molecule has 0 aliphatic carbocycles. The van der Waals surface area contributed by atoms with Crippen LogP contribution in [0.3, 0.4) is 0 Å². The number of benzene rings is 1.